The quantitative estimate of drug-likeness (QED) is 0.679. The molecule has 0 aromatic carbocycles. The second kappa shape index (κ2) is 4.20. The van der Waals surface area contributed by atoms with Crippen LogP contribution >= 0.6 is 0 Å². The predicted octanol–water partition coefficient (Wildman–Crippen LogP) is 2.61. The maximum absolute atomic E-state index is 12.3. The smallest absolute Gasteiger partial charge is 0.169 e. The molecule has 2 aliphatic carbocycles. The standard InChI is InChI=1S/C14H16O2/c1-2-3-8-14-9-5-4-6-11(13(14)16)12(15)7-10-14/h4-7,9-11H,2-3,8H2,1H3. The molecule has 84 valence electrons. The van der Waals surface area contributed by atoms with Crippen LogP contribution < -0.4 is 0 Å². The molecule has 0 saturated heterocycles. The Hall–Kier alpha value is -1.44. The van der Waals surface area contributed by atoms with Gasteiger partial charge in [0.05, 0.1) is 11.3 Å². The van der Waals surface area contributed by atoms with Crippen LogP contribution in [-0.4, -0.2) is 11.6 Å². The Bertz CT molecular complexity index is 401. The molecule has 2 rings (SSSR count). The van der Waals surface area contributed by atoms with Gasteiger partial charge in [0, 0.05) is 0 Å². The lowest BCUT2D eigenvalue weighted by molar-refractivity contribution is -0.133. The fraction of sp³-hybridized carbons (Fsp3) is 0.429. The number of Topliss-reactive ketones (excluding diaryl/α,β-unsaturated/α-hetero) is 1. The molecule has 0 radical (unpaired) electrons. The van der Waals surface area contributed by atoms with Gasteiger partial charge in [0.25, 0.3) is 0 Å². The molecule has 2 nitrogen and oxygen atoms in total. The summed E-state index contributed by atoms with van der Waals surface area (Å²) < 4.78 is 0. The van der Waals surface area contributed by atoms with E-state index >= 15 is 0 Å². The van der Waals surface area contributed by atoms with Crippen LogP contribution in [0, 0.1) is 11.3 Å². The number of hydrogen-bond acceptors (Lipinski definition) is 2. The van der Waals surface area contributed by atoms with Gasteiger partial charge in [0.1, 0.15) is 0 Å². The zero-order valence-corrected chi connectivity index (χ0v) is 9.48. The molecule has 2 heteroatoms. The molecule has 0 aliphatic heterocycles. The Balaban J connectivity index is 2.38. The van der Waals surface area contributed by atoms with Crippen LogP contribution in [0.15, 0.2) is 36.5 Å². The van der Waals surface area contributed by atoms with Crippen LogP contribution in [0.5, 0.6) is 0 Å². The first-order chi connectivity index (χ1) is 7.69. The molecular formula is C14H16O2. The van der Waals surface area contributed by atoms with E-state index in [1.807, 2.05) is 12.2 Å². The second-order valence-electron chi connectivity index (χ2n) is 4.47. The highest BCUT2D eigenvalue weighted by Crippen LogP contribution is 2.37. The minimum Gasteiger partial charge on any atom is -0.297 e. The van der Waals surface area contributed by atoms with E-state index in [-0.39, 0.29) is 11.6 Å². The molecule has 16 heavy (non-hydrogen) atoms. The second-order valence-corrected chi connectivity index (χ2v) is 4.47. The lowest BCUT2D eigenvalue weighted by Gasteiger charge is -2.30. The zero-order valence-electron chi connectivity index (χ0n) is 9.48. The van der Waals surface area contributed by atoms with Gasteiger partial charge in [-0.15, -0.1) is 0 Å². The normalized spacial score (nSPS) is 31.9. The van der Waals surface area contributed by atoms with Crippen molar-refractivity contribution >= 4 is 11.6 Å². The van der Waals surface area contributed by atoms with Crippen LogP contribution in [0.4, 0.5) is 0 Å². The summed E-state index contributed by atoms with van der Waals surface area (Å²) in [4.78, 5) is 23.9. The molecule has 0 amide bonds. The van der Waals surface area contributed by atoms with Crippen LogP contribution in [0.3, 0.4) is 0 Å². The third-order valence-corrected chi connectivity index (χ3v) is 3.35. The van der Waals surface area contributed by atoms with Crippen molar-refractivity contribution in [2.45, 2.75) is 26.2 Å². The third-order valence-electron chi connectivity index (χ3n) is 3.35. The monoisotopic (exact) mass is 216 g/mol. The minimum absolute atomic E-state index is 0.0402. The van der Waals surface area contributed by atoms with Gasteiger partial charge in [-0.05, 0) is 12.5 Å². The van der Waals surface area contributed by atoms with E-state index in [1.54, 1.807) is 24.3 Å². The Labute approximate surface area is 95.7 Å². The van der Waals surface area contributed by atoms with Crippen LogP contribution in [0.1, 0.15) is 26.2 Å². The van der Waals surface area contributed by atoms with Gasteiger partial charge < -0.3 is 0 Å². The van der Waals surface area contributed by atoms with Crippen molar-refractivity contribution in [1.29, 1.82) is 0 Å². The van der Waals surface area contributed by atoms with E-state index in [0.717, 1.165) is 19.3 Å². The van der Waals surface area contributed by atoms with Crippen molar-refractivity contribution in [2.75, 3.05) is 0 Å². The first kappa shape index (κ1) is 11.1. The first-order valence-electron chi connectivity index (χ1n) is 5.83. The van der Waals surface area contributed by atoms with Crippen molar-refractivity contribution in [3.63, 3.8) is 0 Å². The molecular weight excluding hydrogens is 200 g/mol. The molecule has 0 fully saturated rings. The zero-order chi connectivity index (χ0) is 11.6. The Kier molecular flexibility index (Phi) is 2.90. The Morgan fingerprint density at radius 1 is 1.25 bits per heavy atom. The van der Waals surface area contributed by atoms with Crippen LogP contribution in [0.25, 0.3) is 0 Å². The molecule has 0 saturated carbocycles. The Morgan fingerprint density at radius 3 is 2.81 bits per heavy atom. The summed E-state index contributed by atoms with van der Waals surface area (Å²) in [5, 5.41) is 0. The van der Waals surface area contributed by atoms with Crippen LogP contribution in [0.2, 0.25) is 0 Å². The minimum atomic E-state index is -0.558. The summed E-state index contributed by atoms with van der Waals surface area (Å²) in [6.45, 7) is 2.11. The molecule has 0 N–H and O–H groups in total. The van der Waals surface area contributed by atoms with Gasteiger partial charge in [-0.1, -0.05) is 50.1 Å². The lowest BCUT2D eigenvalue weighted by atomic mass is 9.70. The van der Waals surface area contributed by atoms with Crippen molar-refractivity contribution in [3.05, 3.63) is 36.5 Å². The highest BCUT2D eigenvalue weighted by Gasteiger charge is 2.42. The number of hydrogen-bond donors (Lipinski definition) is 0. The van der Waals surface area contributed by atoms with Gasteiger partial charge in [-0.25, -0.2) is 0 Å². The average molecular weight is 216 g/mol. The van der Waals surface area contributed by atoms with Gasteiger partial charge in [0.2, 0.25) is 0 Å². The van der Waals surface area contributed by atoms with Crippen molar-refractivity contribution in [1.82, 2.24) is 0 Å². The SMILES string of the molecule is CCCCC12C=CC=CC(C(=O)C=C1)C2=O. The summed E-state index contributed by atoms with van der Waals surface area (Å²) in [5.41, 5.74) is -0.530. The largest absolute Gasteiger partial charge is 0.297 e. The predicted molar refractivity (Wildman–Crippen MR) is 62.9 cm³/mol. The summed E-state index contributed by atoms with van der Waals surface area (Å²) in [5.74, 6) is -0.604. The molecule has 2 unspecified atom stereocenters. The number of fused-ring (bicyclic) bond motifs is 2. The topological polar surface area (TPSA) is 34.1 Å². The summed E-state index contributed by atoms with van der Waals surface area (Å²) in [6.07, 6.45) is 13.6. The summed E-state index contributed by atoms with van der Waals surface area (Å²) >= 11 is 0. The fourth-order valence-corrected chi connectivity index (χ4v) is 2.32. The molecule has 0 heterocycles. The maximum Gasteiger partial charge on any atom is 0.169 e. The molecule has 2 aliphatic rings. The molecule has 0 aromatic heterocycles. The highest BCUT2D eigenvalue weighted by molar-refractivity contribution is 6.15. The van der Waals surface area contributed by atoms with Gasteiger partial charge in [0.15, 0.2) is 11.6 Å². The van der Waals surface area contributed by atoms with E-state index in [2.05, 4.69) is 6.92 Å². The lowest BCUT2D eigenvalue weighted by Crippen LogP contribution is -2.38. The van der Waals surface area contributed by atoms with E-state index in [4.69, 9.17) is 0 Å². The fourth-order valence-electron chi connectivity index (χ4n) is 2.32. The van der Waals surface area contributed by atoms with E-state index in [1.165, 1.54) is 0 Å². The van der Waals surface area contributed by atoms with Crippen molar-refractivity contribution in [3.8, 4) is 0 Å². The van der Waals surface area contributed by atoms with Crippen LogP contribution in [-0.2, 0) is 9.59 Å². The first-order valence-corrected chi connectivity index (χ1v) is 5.83. The van der Waals surface area contributed by atoms with Gasteiger partial charge >= 0.3 is 0 Å². The maximum atomic E-state index is 12.3. The number of carbonyl (C=O) groups is 2. The number of carbonyl (C=O) groups excluding carboxylic acids is 2. The average Bonchev–Trinajstić information content (AvgIpc) is 2.38. The highest BCUT2D eigenvalue weighted by atomic mass is 16.2. The van der Waals surface area contributed by atoms with Gasteiger partial charge in [-0.2, -0.15) is 0 Å². The molecule has 0 spiro atoms. The van der Waals surface area contributed by atoms with Gasteiger partial charge in [-0.3, -0.25) is 9.59 Å². The number of allylic oxidation sites excluding steroid dienone is 6. The van der Waals surface area contributed by atoms with E-state index in [9.17, 15) is 9.59 Å². The summed E-state index contributed by atoms with van der Waals surface area (Å²) in [7, 11) is 0. The number of ketones is 2. The number of unbranched alkanes of at least 4 members (excludes halogenated alkanes) is 1. The third kappa shape index (κ3) is 1.69. The van der Waals surface area contributed by atoms with Crippen molar-refractivity contribution in [2.24, 2.45) is 11.3 Å². The molecule has 0 aromatic rings. The molecule has 2 atom stereocenters. The Morgan fingerprint density at radius 2 is 2.06 bits per heavy atom. The number of rotatable bonds is 3. The van der Waals surface area contributed by atoms with E-state index < -0.39 is 11.3 Å². The molecule has 2 bridgehead atoms. The van der Waals surface area contributed by atoms with E-state index in [0.29, 0.717) is 0 Å². The summed E-state index contributed by atoms with van der Waals surface area (Å²) in [6, 6.07) is 0. The van der Waals surface area contributed by atoms with Crippen molar-refractivity contribution < 1.29 is 9.59 Å².